The van der Waals surface area contributed by atoms with Gasteiger partial charge in [0.1, 0.15) is 0 Å². The summed E-state index contributed by atoms with van der Waals surface area (Å²) >= 11 is 0. The van der Waals surface area contributed by atoms with E-state index in [0.29, 0.717) is 0 Å². The minimum Gasteiger partial charge on any atom is -0.469 e. The minimum atomic E-state index is -0.220. The molecule has 1 fully saturated rings. The summed E-state index contributed by atoms with van der Waals surface area (Å²) in [6.07, 6.45) is 2.38. The molecule has 2 rings (SSSR count). The zero-order chi connectivity index (χ0) is 15.2. The van der Waals surface area contributed by atoms with E-state index in [1.54, 1.807) is 7.11 Å². The molecule has 1 aromatic carbocycles. The van der Waals surface area contributed by atoms with Crippen LogP contribution in [-0.2, 0) is 25.4 Å². The lowest BCUT2D eigenvalue weighted by molar-refractivity contribution is -0.148. The molecular formula is C17H24O4. The zero-order valence-corrected chi connectivity index (χ0v) is 13.0. The number of rotatable bonds is 6. The van der Waals surface area contributed by atoms with Crippen LogP contribution in [0.3, 0.4) is 0 Å². The summed E-state index contributed by atoms with van der Waals surface area (Å²) in [5.41, 5.74) is 1.28. The van der Waals surface area contributed by atoms with Gasteiger partial charge >= 0.3 is 5.97 Å². The Morgan fingerprint density at radius 3 is 2.67 bits per heavy atom. The second-order valence-electron chi connectivity index (χ2n) is 5.58. The molecule has 0 aromatic heterocycles. The molecule has 4 heteroatoms. The summed E-state index contributed by atoms with van der Waals surface area (Å²) < 4.78 is 16.1. The molecule has 1 aliphatic heterocycles. The highest BCUT2D eigenvalue weighted by Gasteiger charge is 2.40. The Bertz CT molecular complexity index is 445. The number of carbonyl (C=O) groups excluding carboxylic acids is 1. The van der Waals surface area contributed by atoms with Gasteiger partial charge in [-0.2, -0.15) is 0 Å². The van der Waals surface area contributed by atoms with Gasteiger partial charge < -0.3 is 14.2 Å². The topological polar surface area (TPSA) is 44.8 Å². The van der Waals surface area contributed by atoms with Gasteiger partial charge in [0.25, 0.3) is 0 Å². The van der Waals surface area contributed by atoms with E-state index in [9.17, 15) is 4.79 Å². The van der Waals surface area contributed by atoms with Crippen LogP contribution in [0.4, 0.5) is 0 Å². The van der Waals surface area contributed by atoms with E-state index >= 15 is 0 Å². The third kappa shape index (κ3) is 4.05. The highest BCUT2D eigenvalue weighted by atomic mass is 16.7. The standard InChI is InChI=1S/C17H24O4/c1-12(17(18)20-3)14-11-16(19-2)21-15(14)10-9-13-7-5-4-6-8-13/h4-8,12,14-16H,9-11H2,1-3H3/t12-,14-,15+,16+/m1/s1. The van der Waals surface area contributed by atoms with Crippen LogP contribution in [-0.4, -0.2) is 32.6 Å². The van der Waals surface area contributed by atoms with Crippen LogP contribution in [0.5, 0.6) is 0 Å². The summed E-state index contributed by atoms with van der Waals surface area (Å²) in [6, 6.07) is 10.3. The minimum absolute atomic E-state index is 0.0317. The van der Waals surface area contributed by atoms with E-state index in [1.807, 2.05) is 25.1 Å². The quantitative estimate of drug-likeness (QED) is 0.756. The Morgan fingerprint density at radius 2 is 2.05 bits per heavy atom. The normalized spacial score (nSPS) is 26.5. The van der Waals surface area contributed by atoms with E-state index in [2.05, 4.69) is 12.1 Å². The van der Waals surface area contributed by atoms with E-state index in [1.165, 1.54) is 12.7 Å². The van der Waals surface area contributed by atoms with E-state index in [0.717, 1.165) is 19.3 Å². The van der Waals surface area contributed by atoms with Crippen molar-refractivity contribution in [1.82, 2.24) is 0 Å². The van der Waals surface area contributed by atoms with Crippen molar-refractivity contribution in [2.75, 3.05) is 14.2 Å². The van der Waals surface area contributed by atoms with Gasteiger partial charge in [-0.15, -0.1) is 0 Å². The van der Waals surface area contributed by atoms with Crippen molar-refractivity contribution >= 4 is 5.97 Å². The van der Waals surface area contributed by atoms with Crippen molar-refractivity contribution in [3.8, 4) is 0 Å². The molecule has 116 valence electrons. The molecule has 0 unspecified atom stereocenters. The fourth-order valence-corrected chi connectivity index (χ4v) is 3.00. The Balaban J connectivity index is 1.99. The lowest BCUT2D eigenvalue weighted by Gasteiger charge is -2.22. The molecule has 4 nitrogen and oxygen atoms in total. The molecule has 1 saturated heterocycles. The fraction of sp³-hybridized carbons (Fsp3) is 0.588. The lowest BCUT2D eigenvalue weighted by Crippen LogP contribution is -2.29. The van der Waals surface area contributed by atoms with Crippen molar-refractivity contribution in [3.05, 3.63) is 35.9 Å². The summed E-state index contributed by atoms with van der Waals surface area (Å²) in [5, 5.41) is 0. The van der Waals surface area contributed by atoms with Crippen LogP contribution in [0.2, 0.25) is 0 Å². The molecule has 0 N–H and O–H groups in total. The molecule has 0 amide bonds. The number of hydrogen-bond acceptors (Lipinski definition) is 4. The maximum Gasteiger partial charge on any atom is 0.308 e. The Hall–Kier alpha value is -1.39. The van der Waals surface area contributed by atoms with Gasteiger partial charge in [0.15, 0.2) is 6.29 Å². The number of methoxy groups -OCH3 is 2. The molecule has 0 bridgehead atoms. The molecule has 1 heterocycles. The Labute approximate surface area is 126 Å². The predicted octanol–water partition coefficient (Wildman–Crippen LogP) is 2.81. The van der Waals surface area contributed by atoms with Gasteiger partial charge in [0.05, 0.1) is 19.1 Å². The summed E-state index contributed by atoms with van der Waals surface area (Å²) in [4.78, 5) is 11.8. The monoisotopic (exact) mass is 292 g/mol. The van der Waals surface area contributed by atoms with E-state index in [4.69, 9.17) is 14.2 Å². The summed E-state index contributed by atoms with van der Waals surface area (Å²) in [5.74, 6) is -0.202. The third-order valence-corrected chi connectivity index (χ3v) is 4.31. The molecule has 21 heavy (non-hydrogen) atoms. The van der Waals surface area contributed by atoms with Crippen molar-refractivity contribution in [3.63, 3.8) is 0 Å². The smallest absolute Gasteiger partial charge is 0.308 e. The number of carbonyl (C=O) groups is 1. The zero-order valence-electron chi connectivity index (χ0n) is 13.0. The molecule has 4 atom stereocenters. The molecule has 0 radical (unpaired) electrons. The average molecular weight is 292 g/mol. The van der Waals surface area contributed by atoms with Crippen LogP contribution in [0.1, 0.15) is 25.3 Å². The number of benzene rings is 1. The van der Waals surface area contributed by atoms with Gasteiger partial charge in [-0.05, 0) is 18.4 Å². The van der Waals surface area contributed by atoms with Gasteiger partial charge in [0, 0.05) is 19.4 Å². The first-order valence-corrected chi connectivity index (χ1v) is 7.45. The van der Waals surface area contributed by atoms with Crippen LogP contribution < -0.4 is 0 Å². The first-order valence-electron chi connectivity index (χ1n) is 7.45. The second kappa shape index (κ2) is 7.57. The number of aryl methyl sites for hydroxylation is 1. The summed E-state index contributed by atoms with van der Waals surface area (Å²) in [7, 11) is 3.07. The molecule has 0 aliphatic carbocycles. The van der Waals surface area contributed by atoms with Crippen molar-refractivity contribution in [1.29, 1.82) is 0 Å². The number of hydrogen-bond donors (Lipinski definition) is 0. The largest absolute Gasteiger partial charge is 0.469 e. The van der Waals surface area contributed by atoms with Crippen molar-refractivity contribution < 1.29 is 19.0 Å². The molecule has 0 spiro atoms. The molecular weight excluding hydrogens is 268 g/mol. The third-order valence-electron chi connectivity index (χ3n) is 4.31. The highest BCUT2D eigenvalue weighted by molar-refractivity contribution is 5.72. The first kappa shape index (κ1) is 16.0. The Kier molecular flexibility index (Phi) is 5.76. The maximum atomic E-state index is 11.8. The summed E-state index contributed by atoms with van der Waals surface area (Å²) in [6.45, 7) is 1.91. The van der Waals surface area contributed by atoms with E-state index in [-0.39, 0.29) is 30.2 Å². The van der Waals surface area contributed by atoms with Crippen molar-refractivity contribution in [2.24, 2.45) is 11.8 Å². The van der Waals surface area contributed by atoms with Crippen LogP contribution in [0.25, 0.3) is 0 Å². The predicted molar refractivity (Wildman–Crippen MR) is 79.7 cm³/mol. The van der Waals surface area contributed by atoms with Crippen LogP contribution in [0, 0.1) is 11.8 Å². The highest BCUT2D eigenvalue weighted by Crippen LogP contribution is 2.35. The van der Waals surface area contributed by atoms with Gasteiger partial charge in [-0.25, -0.2) is 0 Å². The van der Waals surface area contributed by atoms with Gasteiger partial charge in [0.2, 0.25) is 0 Å². The second-order valence-corrected chi connectivity index (χ2v) is 5.58. The fourth-order valence-electron chi connectivity index (χ4n) is 3.00. The van der Waals surface area contributed by atoms with Gasteiger partial charge in [-0.1, -0.05) is 37.3 Å². The average Bonchev–Trinajstić information content (AvgIpc) is 2.95. The Morgan fingerprint density at radius 1 is 1.33 bits per heavy atom. The van der Waals surface area contributed by atoms with Crippen molar-refractivity contribution in [2.45, 2.75) is 38.6 Å². The van der Waals surface area contributed by atoms with E-state index < -0.39 is 0 Å². The number of ether oxygens (including phenoxy) is 3. The first-order chi connectivity index (χ1) is 10.2. The molecule has 0 saturated carbocycles. The molecule has 1 aliphatic rings. The van der Waals surface area contributed by atoms with Crippen LogP contribution >= 0.6 is 0 Å². The SMILES string of the molecule is COC(=O)[C@H](C)[C@H]1C[C@@H](OC)O[C@H]1CCc1ccccc1. The number of esters is 1. The maximum absolute atomic E-state index is 11.8. The van der Waals surface area contributed by atoms with Gasteiger partial charge in [-0.3, -0.25) is 4.79 Å². The van der Waals surface area contributed by atoms with Crippen LogP contribution in [0.15, 0.2) is 30.3 Å². The lowest BCUT2D eigenvalue weighted by atomic mass is 9.85. The molecule has 1 aromatic rings.